The van der Waals surface area contributed by atoms with Crippen molar-refractivity contribution in [3.8, 4) is 11.3 Å². The number of aliphatic carboxylic acids is 1. The van der Waals surface area contributed by atoms with E-state index in [0.29, 0.717) is 37.1 Å². The normalized spacial score (nSPS) is 18.3. The number of nitrogens with one attached hydrogen (secondary N) is 2. The molecule has 3 aromatic rings. The van der Waals surface area contributed by atoms with Crippen LogP contribution in [-0.2, 0) is 21.0 Å². The maximum atomic E-state index is 13.7. The Balaban J connectivity index is 1.57. The zero-order chi connectivity index (χ0) is 26.8. The number of halogens is 3. The van der Waals surface area contributed by atoms with Crippen molar-refractivity contribution in [1.82, 2.24) is 9.97 Å². The van der Waals surface area contributed by atoms with E-state index < -0.39 is 27.7 Å². The van der Waals surface area contributed by atoms with Crippen molar-refractivity contribution in [3.63, 3.8) is 0 Å². The predicted molar refractivity (Wildman–Crippen MR) is 131 cm³/mol. The molecule has 0 spiro atoms. The Labute approximate surface area is 212 Å². The van der Waals surface area contributed by atoms with Crippen LogP contribution in [0, 0.1) is 12.8 Å². The van der Waals surface area contributed by atoms with Crippen LogP contribution in [0.4, 0.5) is 24.8 Å². The summed E-state index contributed by atoms with van der Waals surface area (Å²) in [5, 5.41) is 11.9. The molecule has 12 heteroatoms. The number of aryl methyl sites for hydroxylation is 1. The van der Waals surface area contributed by atoms with Crippen LogP contribution in [0.3, 0.4) is 0 Å². The Morgan fingerprint density at radius 3 is 2.30 bits per heavy atom. The van der Waals surface area contributed by atoms with Crippen molar-refractivity contribution in [2.75, 3.05) is 10.0 Å². The fourth-order valence-electron chi connectivity index (χ4n) is 4.32. The largest absolute Gasteiger partial charge is 0.481 e. The summed E-state index contributed by atoms with van der Waals surface area (Å²) in [4.78, 5) is 19.3. The third kappa shape index (κ3) is 6.19. The molecule has 1 aliphatic rings. The number of pyridine rings is 2. The molecule has 1 aliphatic carbocycles. The van der Waals surface area contributed by atoms with Crippen LogP contribution in [-0.4, -0.2) is 35.5 Å². The van der Waals surface area contributed by atoms with Crippen LogP contribution in [0.2, 0.25) is 0 Å². The molecule has 196 valence electrons. The van der Waals surface area contributed by atoms with Gasteiger partial charge in [0.1, 0.15) is 11.6 Å². The van der Waals surface area contributed by atoms with Gasteiger partial charge in [0.2, 0.25) is 0 Å². The standard InChI is InChI=1S/C25H25F3N4O4S/c1-15-5-2-3-6-18(15)23-19(25(26,27)28)13-14-21(31-23)32-37(35,36)22-8-4-7-20(30-22)29-17-11-9-16(10-12-17)24(33)34/h2-8,13-14,16-17H,9-12H2,1H3,(H,29,30)(H,31,32)(H,33,34). The van der Waals surface area contributed by atoms with Gasteiger partial charge in [0.25, 0.3) is 10.0 Å². The van der Waals surface area contributed by atoms with Gasteiger partial charge >= 0.3 is 12.1 Å². The Morgan fingerprint density at radius 2 is 1.65 bits per heavy atom. The first-order chi connectivity index (χ1) is 17.4. The molecule has 1 aromatic carbocycles. The first-order valence-electron chi connectivity index (χ1n) is 11.6. The van der Waals surface area contributed by atoms with Crippen molar-refractivity contribution in [2.24, 2.45) is 5.92 Å². The summed E-state index contributed by atoms with van der Waals surface area (Å²) < 4.78 is 69.3. The van der Waals surface area contributed by atoms with E-state index >= 15 is 0 Å². The molecule has 0 atom stereocenters. The van der Waals surface area contributed by atoms with Gasteiger partial charge in [-0.3, -0.25) is 9.52 Å². The molecule has 8 nitrogen and oxygen atoms in total. The number of carboxylic acid groups (broad SMARTS) is 1. The van der Waals surface area contributed by atoms with Gasteiger partial charge in [-0.2, -0.15) is 21.6 Å². The number of hydrogen-bond donors (Lipinski definition) is 3. The van der Waals surface area contributed by atoms with E-state index in [-0.39, 0.29) is 34.1 Å². The molecule has 0 radical (unpaired) electrons. The first-order valence-corrected chi connectivity index (χ1v) is 13.1. The highest BCUT2D eigenvalue weighted by Crippen LogP contribution is 2.38. The van der Waals surface area contributed by atoms with E-state index in [1.807, 2.05) is 0 Å². The van der Waals surface area contributed by atoms with Crippen LogP contribution >= 0.6 is 0 Å². The molecule has 0 amide bonds. The molecule has 1 saturated carbocycles. The Bertz CT molecular complexity index is 1410. The molecule has 3 N–H and O–H groups in total. The minimum Gasteiger partial charge on any atom is -0.481 e. The Hall–Kier alpha value is -3.67. The summed E-state index contributed by atoms with van der Waals surface area (Å²) in [5.74, 6) is -1.19. The van der Waals surface area contributed by atoms with Crippen LogP contribution < -0.4 is 10.0 Å². The van der Waals surface area contributed by atoms with Crippen molar-refractivity contribution < 1.29 is 31.5 Å². The molecule has 0 bridgehead atoms. The Morgan fingerprint density at radius 1 is 0.946 bits per heavy atom. The van der Waals surface area contributed by atoms with Gasteiger partial charge in [-0.15, -0.1) is 0 Å². The first kappa shape index (κ1) is 26.4. The highest BCUT2D eigenvalue weighted by molar-refractivity contribution is 7.92. The lowest BCUT2D eigenvalue weighted by Crippen LogP contribution is -2.29. The smallest absolute Gasteiger partial charge is 0.418 e. The highest BCUT2D eigenvalue weighted by Gasteiger charge is 2.35. The van der Waals surface area contributed by atoms with Gasteiger partial charge in [-0.1, -0.05) is 30.3 Å². The van der Waals surface area contributed by atoms with Gasteiger partial charge < -0.3 is 10.4 Å². The molecule has 4 rings (SSSR count). The molecule has 0 unspecified atom stereocenters. The highest BCUT2D eigenvalue weighted by atomic mass is 32.2. The fraction of sp³-hybridized carbons (Fsp3) is 0.320. The lowest BCUT2D eigenvalue weighted by molar-refractivity contribution is -0.142. The van der Waals surface area contributed by atoms with Crippen LogP contribution in [0.25, 0.3) is 11.3 Å². The number of alkyl halides is 3. The number of hydrogen-bond acceptors (Lipinski definition) is 6. The molecular weight excluding hydrogens is 509 g/mol. The molecule has 1 fully saturated rings. The van der Waals surface area contributed by atoms with Crippen molar-refractivity contribution >= 4 is 27.6 Å². The maximum Gasteiger partial charge on any atom is 0.418 e. The van der Waals surface area contributed by atoms with Crippen LogP contribution in [0.1, 0.15) is 36.8 Å². The van der Waals surface area contributed by atoms with Gasteiger partial charge in [0.15, 0.2) is 5.03 Å². The van der Waals surface area contributed by atoms with Crippen molar-refractivity contribution in [3.05, 3.63) is 65.7 Å². The summed E-state index contributed by atoms with van der Waals surface area (Å²) in [5.41, 5.74) is -0.575. The number of aromatic nitrogens is 2. The van der Waals surface area contributed by atoms with E-state index in [0.717, 1.165) is 12.1 Å². The zero-order valence-electron chi connectivity index (χ0n) is 19.8. The minimum atomic E-state index is -4.69. The molecule has 37 heavy (non-hydrogen) atoms. The second kappa shape index (κ2) is 10.4. The number of rotatable bonds is 7. The Kier molecular flexibility index (Phi) is 7.39. The van der Waals surface area contributed by atoms with E-state index in [4.69, 9.17) is 5.11 Å². The summed E-state index contributed by atoms with van der Waals surface area (Å²) in [6.45, 7) is 1.64. The van der Waals surface area contributed by atoms with E-state index in [1.165, 1.54) is 18.2 Å². The van der Waals surface area contributed by atoms with Gasteiger partial charge in [0, 0.05) is 11.6 Å². The van der Waals surface area contributed by atoms with Crippen LogP contribution in [0.15, 0.2) is 59.6 Å². The third-order valence-corrected chi connectivity index (χ3v) is 7.52. The zero-order valence-corrected chi connectivity index (χ0v) is 20.6. The number of nitrogens with zero attached hydrogens (tertiary/aromatic N) is 2. The summed E-state index contributed by atoms with van der Waals surface area (Å²) in [6, 6.07) is 12.5. The number of carbonyl (C=O) groups is 1. The number of benzene rings is 1. The molecule has 0 saturated heterocycles. The quantitative estimate of drug-likeness (QED) is 0.375. The SMILES string of the molecule is Cc1ccccc1-c1nc(NS(=O)(=O)c2cccc(NC3CCC(C(=O)O)CC3)n2)ccc1C(F)(F)F. The lowest BCUT2D eigenvalue weighted by Gasteiger charge is -2.27. The summed E-state index contributed by atoms with van der Waals surface area (Å²) in [7, 11) is -4.28. The predicted octanol–water partition coefficient (Wildman–Crippen LogP) is 5.33. The number of sulfonamides is 1. The van der Waals surface area contributed by atoms with Crippen molar-refractivity contribution in [1.29, 1.82) is 0 Å². The van der Waals surface area contributed by atoms with Crippen LogP contribution in [0.5, 0.6) is 0 Å². The molecule has 2 heterocycles. The van der Waals surface area contributed by atoms with E-state index in [9.17, 15) is 26.4 Å². The second-order valence-electron chi connectivity index (χ2n) is 8.90. The average molecular weight is 535 g/mol. The van der Waals surface area contributed by atoms with Gasteiger partial charge in [-0.25, -0.2) is 9.97 Å². The third-order valence-electron chi connectivity index (χ3n) is 6.27. The fourth-order valence-corrected chi connectivity index (χ4v) is 5.29. The summed E-state index contributed by atoms with van der Waals surface area (Å²) >= 11 is 0. The monoisotopic (exact) mass is 534 g/mol. The van der Waals surface area contributed by atoms with E-state index in [2.05, 4.69) is 20.0 Å². The van der Waals surface area contributed by atoms with Crippen molar-refractivity contribution in [2.45, 2.75) is 49.9 Å². The van der Waals surface area contributed by atoms with Gasteiger partial charge in [-0.05, 0) is 62.4 Å². The topological polar surface area (TPSA) is 121 Å². The average Bonchev–Trinajstić information content (AvgIpc) is 2.84. The maximum absolute atomic E-state index is 13.7. The second-order valence-corrected chi connectivity index (χ2v) is 10.5. The summed E-state index contributed by atoms with van der Waals surface area (Å²) in [6.07, 6.45) is -2.46. The van der Waals surface area contributed by atoms with E-state index in [1.54, 1.807) is 31.2 Å². The van der Waals surface area contributed by atoms with Gasteiger partial charge in [0.05, 0.1) is 17.2 Å². The number of carboxylic acids is 1. The molecule has 2 aromatic heterocycles. The minimum absolute atomic E-state index is 0.0535. The molecular formula is C25H25F3N4O4S. The molecule has 0 aliphatic heterocycles. The lowest BCUT2D eigenvalue weighted by atomic mass is 9.86. The number of anilines is 2.